The van der Waals surface area contributed by atoms with E-state index in [1.807, 2.05) is 6.07 Å². The summed E-state index contributed by atoms with van der Waals surface area (Å²) in [5.74, 6) is -5.28. The molecule has 5 N–H and O–H groups in total. The number of rotatable bonds is 12. The highest BCUT2D eigenvalue weighted by Crippen LogP contribution is 2.31. The normalized spacial score (nSPS) is 24.1. The maximum atomic E-state index is 12.4. The number of carbonyl (C=O) groups excluding carboxylic acids is 2. The van der Waals surface area contributed by atoms with Crippen LogP contribution in [0.25, 0.3) is 0 Å². The van der Waals surface area contributed by atoms with Gasteiger partial charge in [-0.2, -0.15) is 0 Å². The summed E-state index contributed by atoms with van der Waals surface area (Å²) in [5.41, 5.74) is 0.731. The zero-order valence-corrected chi connectivity index (χ0v) is 18.8. The Kier molecular flexibility index (Phi) is 10.2. The number of aliphatic carboxylic acids is 2. The fraction of sp³-hybridized carbons (Fsp3) is 0.545. The van der Waals surface area contributed by atoms with Gasteiger partial charge in [-0.1, -0.05) is 36.8 Å². The molecule has 1 heterocycles. The Balaban J connectivity index is 2.05. The first-order chi connectivity index (χ1) is 16.1. The van der Waals surface area contributed by atoms with E-state index in [2.05, 4.69) is 10.6 Å². The van der Waals surface area contributed by atoms with Gasteiger partial charge in [0.25, 0.3) is 5.79 Å². The van der Waals surface area contributed by atoms with Gasteiger partial charge in [0.1, 0.15) is 12.6 Å². The van der Waals surface area contributed by atoms with Crippen LogP contribution in [0, 0.1) is 0 Å². The summed E-state index contributed by atoms with van der Waals surface area (Å²) in [6.45, 7) is 1.07. The Morgan fingerprint density at radius 2 is 1.79 bits per heavy atom. The zero-order valence-electron chi connectivity index (χ0n) is 18.8. The SMILES string of the molecule is CC(=O)N[C@@H]1[C@@H](NC(=O)OCc2ccccc2)C[C@](OCCCCCC(=O)O)(C(=O)O)O[C@H]1O. The number of hydrogen-bond donors (Lipinski definition) is 5. The van der Waals surface area contributed by atoms with Crippen LogP contribution >= 0.6 is 0 Å². The highest BCUT2D eigenvalue weighted by molar-refractivity contribution is 5.77. The molecule has 0 spiro atoms. The third-order valence-electron chi connectivity index (χ3n) is 5.12. The van der Waals surface area contributed by atoms with Gasteiger partial charge in [-0.15, -0.1) is 0 Å². The van der Waals surface area contributed by atoms with Gasteiger partial charge in [-0.3, -0.25) is 9.59 Å². The van der Waals surface area contributed by atoms with Gasteiger partial charge < -0.3 is 40.2 Å². The molecule has 0 aliphatic carbocycles. The Labute approximate surface area is 196 Å². The third-order valence-corrected chi connectivity index (χ3v) is 5.12. The van der Waals surface area contributed by atoms with Gasteiger partial charge in [0, 0.05) is 19.8 Å². The first-order valence-corrected chi connectivity index (χ1v) is 10.8. The molecule has 1 saturated heterocycles. The lowest BCUT2D eigenvalue weighted by molar-refractivity contribution is -0.322. The number of ether oxygens (including phenoxy) is 3. The van der Waals surface area contributed by atoms with Crippen LogP contribution in [-0.2, 0) is 35.2 Å². The first kappa shape index (κ1) is 27.0. The second-order valence-electron chi connectivity index (χ2n) is 7.86. The number of benzene rings is 1. The van der Waals surface area contributed by atoms with Crippen LogP contribution in [-0.4, -0.2) is 70.0 Å². The molecule has 0 unspecified atom stereocenters. The van der Waals surface area contributed by atoms with E-state index in [-0.39, 0.29) is 19.6 Å². The van der Waals surface area contributed by atoms with Gasteiger partial charge >= 0.3 is 18.0 Å². The molecule has 1 aliphatic heterocycles. The van der Waals surface area contributed by atoms with Crippen LogP contribution in [0.15, 0.2) is 30.3 Å². The summed E-state index contributed by atoms with van der Waals surface area (Å²) < 4.78 is 15.9. The number of aliphatic hydroxyl groups is 1. The average molecular weight is 482 g/mol. The van der Waals surface area contributed by atoms with E-state index in [4.69, 9.17) is 19.3 Å². The molecule has 12 nitrogen and oxygen atoms in total. The molecule has 0 radical (unpaired) electrons. The van der Waals surface area contributed by atoms with Crippen LogP contribution in [0.4, 0.5) is 4.79 Å². The van der Waals surface area contributed by atoms with E-state index in [1.165, 1.54) is 6.92 Å². The number of unbranched alkanes of at least 4 members (excludes halogenated alkanes) is 2. The number of nitrogens with one attached hydrogen (secondary N) is 2. The van der Waals surface area contributed by atoms with Crippen LogP contribution in [0.2, 0.25) is 0 Å². The van der Waals surface area contributed by atoms with Crippen molar-refractivity contribution in [3.8, 4) is 0 Å². The molecule has 1 fully saturated rings. The maximum absolute atomic E-state index is 12.4. The molecule has 12 heteroatoms. The predicted molar refractivity (Wildman–Crippen MR) is 115 cm³/mol. The standard InChI is InChI=1S/C22H30N2O10/c1-14(25)23-18-16(24-21(31)32-13-15-8-4-2-5-9-15)12-22(20(29)30,34-19(18)28)33-11-7-3-6-10-17(26)27/h2,4-5,8-9,16,18-19,28H,3,6-7,10-13H2,1H3,(H,23,25)(H,24,31)(H,26,27)(H,29,30)/t16-,18+,19+,22+/m0/s1. The molecule has 1 aliphatic rings. The Bertz CT molecular complexity index is 849. The summed E-state index contributed by atoms with van der Waals surface area (Å²) in [7, 11) is 0. The molecule has 2 rings (SSSR count). The lowest BCUT2D eigenvalue weighted by Gasteiger charge is -2.44. The van der Waals surface area contributed by atoms with Crippen molar-refractivity contribution in [2.75, 3.05) is 6.61 Å². The van der Waals surface area contributed by atoms with Crippen molar-refractivity contribution in [1.82, 2.24) is 10.6 Å². The van der Waals surface area contributed by atoms with E-state index in [9.17, 15) is 29.4 Å². The van der Waals surface area contributed by atoms with E-state index >= 15 is 0 Å². The molecule has 188 valence electrons. The fourth-order valence-corrected chi connectivity index (χ4v) is 3.48. The summed E-state index contributed by atoms with van der Waals surface area (Å²) in [4.78, 5) is 46.6. The predicted octanol–water partition coefficient (Wildman–Crippen LogP) is 0.967. The van der Waals surface area contributed by atoms with Crippen molar-refractivity contribution in [3.05, 3.63) is 35.9 Å². The summed E-state index contributed by atoms with van der Waals surface area (Å²) in [6.07, 6.45) is -1.91. The number of amides is 2. The fourth-order valence-electron chi connectivity index (χ4n) is 3.48. The number of aliphatic hydroxyl groups excluding tert-OH is 1. The van der Waals surface area contributed by atoms with Gasteiger partial charge in [-0.25, -0.2) is 9.59 Å². The van der Waals surface area contributed by atoms with E-state index in [0.717, 1.165) is 5.56 Å². The minimum atomic E-state index is -2.29. The quantitative estimate of drug-likeness (QED) is 0.269. The molecule has 0 aromatic heterocycles. The number of carboxylic acid groups (broad SMARTS) is 2. The smallest absolute Gasteiger partial charge is 0.407 e. The highest BCUT2D eigenvalue weighted by atomic mass is 16.8. The van der Waals surface area contributed by atoms with Crippen molar-refractivity contribution in [1.29, 1.82) is 0 Å². The molecular weight excluding hydrogens is 452 g/mol. The lowest BCUT2D eigenvalue weighted by atomic mass is 9.94. The van der Waals surface area contributed by atoms with Crippen molar-refractivity contribution in [2.45, 2.75) is 69.8 Å². The average Bonchev–Trinajstić information content (AvgIpc) is 2.77. The number of carbonyl (C=O) groups is 4. The first-order valence-electron chi connectivity index (χ1n) is 10.8. The van der Waals surface area contributed by atoms with E-state index in [1.54, 1.807) is 24.3 Å². The zero-order chi connectivity index (χ0) is 25.1. The lowest BCUT2D eigenvalue weighted by Crippen LogP contribution is -2.67. The van der Waals surface area contributed by atoms with Crippen LogP contribution < -0.4 is 10.6 Å². The number of hydrogen-bond acceptors (Lipinski definition) is 8. The molecule has 2 amide bonds. The molecule has 0 bridgehead atoms. The van der Waals surface area contributed by atoms with Crippen LogP contribution in [0.3, 0.4) is 0 Å². The van der Waals surface area contributed by atoms with Gasteiger partial charge in [0.2, 0.25) is 5.91 Å². The second-order valence-corrected chi connectivity index (χ2v) is 7.86. The minimum absolute atomic E-state index is 0.0191. The Morgan fingerprint density at radius 1 is 1.09 bits per heavy atom. The monoisotopic (exact) mass is 482 g/mol. The second kappa shape index (κ2) is 12.9. The summed E-state index contributed by atoms with van der Waals surface area (Å²) in [5, 5.41) is 33.8. The topological polar surface area (TPSA) is 181 Å². The van der Waals surface area contributed by atoms with Gasteiger partial charge in [0.15, 0.2) is 6.29 Å². The van der Waals surface area contributed by atoms with Crippen molar-refractivity contribution >= 4 is 23.9 Å². The maximum Gasteiger partial charge on any atom is 0.407 e. The van der Waals surface area contributed by atoms with Gasteiger partial charge in [0.05, 0.1) is 12.6 Å². The van der Waals surface area contributed by atoms with Crippen molar-refractivity contribution in [2.24, 2.45) is 0 Å². The third kappa shape index (κ3) is 8.28. The molecule has 34 heavy (non-hydrogen) atoms. The van der Waals surface area contributed by atoms with Crippen LogP contribution in [0.1, 0.15) is 44.6 Å². The Morgan fingerprint density at radius 3 is 2.41 bits per heavy atom. The molecule has 4 atom stereocenters. The Hall–Kier alpha value is -3.22. The van der Waals surface area contributed by atoms with E-state index < -0.39 is 54.5 Å². The molecule has 1 aromatic carbocycles. The highest BCUT2D eigenvalue weighted by Gasteiger charge is 2.53. The number of carboxylic acids is 2. The van der Waals surface area contributed by atoms with E-state index in [0.29, 0.717) is 19.3 Å². The summed E-state index contributed by atoms with van der Waals surface area (Å²) in [6, 6.07) is 6.61. The summed E-state index contributed by atoms with van der Waals surface area (Å²) >= 11 is 0. The van der Waals surface area contributed by atoms with Crippen LogP contribution in [0.5, 0.6) is 0 Å². The molecule has 0 saturated carbocycles. The van der Waals surface area contributed by atoms with Crippen molar-refractivity contribution < 1.29 is 48.7 Å². The molecular formula is C22H30N2O10. The van der Waals surface area contributed by atoms with Gasteiger partial charge in [-0.05, 0) is 18.4 Å². The largest absolute Gasteiger partial charge is 0.481 e. The number of alkyl carbamates (subject to hydrolysis) is 1. The minimum Gasteiger partial charge on any atom is -0.481 e. The molecule has 1 aromatic rings. The van der Waals surface area contributed by atoms with Crippen molar-refractivity contribution in [3.63, 3.8) is 0 Å².